The molecule has 2 aromatic carbocycles. The number of aromatic nitrogens is 2. The lowest BCUT2D eigenvalue weighted by atomic mass is 10.3. The van der Waals surface area contributed by atoms with Gasteiger partial charge in [-0.3, -0.25) is 0 Å². The Morgan fingerprint density at radius 1 is 1.00 bits per heavy atom. The third-order valence-electron chi connectivity index (χ3n) is 3.44. The first-order valence-corrected chi connectivity index (χ1v) is 10.3. The molecule has 0 unspecified atom stereocenters. The first-order valence-electron chi connectivity index (χ1n) is 8.50. The Morgan fingerprint density at radius 3 is 2.52 bits per heavy atom. The number of benzene rings is 2. The number of hydrogen-bond donors (Lipinski definition) is 1. The van der Waals surface area contributed by atoms with Crippen molar-refractivity contribution in [3.8, 4) is 17.2 Å². The minimum Gasteiger partial charge on any atom is -0.497 e. The summed E-state index contributed by atoms with van der Waals surface area (Å²) in [4.78, 5) is 0. The molecule has 3 aromatic rings. The third kappa shape index (κ3) is 6.04. The van der Waals surface area contributed by atoms with E-state index in [0.29, 0.717) is 13.2 Å². The fraction of sp³-hybridized carbons (Fsp3) is 0.263. The molecule has 8 heteroatoms. The molecule has 142 valence electrons. The highest BCUT2D eigenvalue weighted by atomic mass is 32.2. The Bertz CT molecular complexity index is 840. The van der Waals surface area contributed by atoms with Crippen molar-refractivity contribution in [2.45, 2.75) is 11.3 Å². The van der Waals surface area contributed by atoms with Crippen molar-refractivity contribution in [2.24, 2.45) is 0 Å². The Morgan fingerprint density at radius 2 is 1.78 bits per heavy atom. The van der Waals surface area contributed by atoms with Gasteiger partial charge in [0, 0.05) is 17.5 Å². The molecule has 0 bridgehead atoms. The van der Waals surface area contributed by atoms with Crippen LogP contribution in [0.3, 0.4) is 0 Å². The zero-order chi connectivity index (χ0) is 18.9. The van der Waals surface area contributed by atoms with E-state index in [-0.39, 0.29) is 0 Å². The summed E-state index contributed by atoms with van der Waals surface area (Å²) >= 11 is 3.13. The maximum Gasteiger partial charge on any atom is 0.210 e. The monoisotopic (exact) mass is 403 g/mol. The largest absolute Gasteiger partial charge is 0.497 e. The van der Waals surface area contributed by atoms with Crippen molar-refractivity contribution in [1.82, 2.24) is 10.2 Å². The maximum absolute atomic E-state index is 5.74. The van der Waals surface area contributed by atoms with Crippen molar-refractivity contribution < 1.29 is 14.2 Å². The molecule has 0 aliphatic rings. The lowest BCUT2D eigenvalue weighted by molar-refractivity contribution is 0.332. The molecule has 1 heterocycles. The van der Waals surface area contributed by atoms with Gasteiger partial charge in [-0.05, 0) is 43.3 Å². The van der Waals surface area contributed by atoms with Crippen LogP contribution < -0.4 is 19.5 Å². The highest BCUT2D eigenvalue weighted by molar-refractivity contribution is 8.01. The normalized spacial score (nSPS) is 10.4. The summed E-state index contributed by atoms with van der Waals surface area (Å²) in [5.41, 5.74) is 0.917. The van der Waals surface area contributed by atoms with Crippen molar-refractivity contribution in [3.05, 3.63) is 48.5 Å². The van der Waals surface area contributed by atoms with Crippen molar-refractivity contribution in [1.29, 1.82) is 0 Å². The topological polar surface area (TPSA) is 65.5 Å². The molecule has 27 heavy (non-hydrogen) atoms. The second-order valence-electron chi connectivity index (χ2n) is 5.33. The number of nitrogens with zero attached hydrogens (tertiary/aromatic N) is 2. The van der Waals surface area contributed by atoms with Crippen LogP contribution in [-0.4, -0.2) is 36.3 Å². The van der Waals surface area contributed by atoms with Crippen molar-refractivity contribution >= 4 is 33.9 Å². The van der Waals surface area contributed by atoms with Gasteiger partial charge in [-0.15, -0.1) is 10.2 Å². The van der Waals surface area contributed by atoms with Gasteiger partial charge in [0.05, 0.1) is 20.3 Å². The van der Waals surface area contributed by atoms with Crippen LogP contribution in [0.2, 0.25) is 0 Å². The van der Waals surface area contributed by atoms with Crippen LogP contribution in [0.1, 0.15) is 6.92 Å². The van der Waals surface area contributed by atoms with E-state index < -0.39 is 0 Å². The maximum atomic E-state index is 5.74. The van der Waals surface area contributed by atoms with E-state index in [1.807, 2.05) is 55.5 Å². The van der Waals surface area contributed by atoms with Gasteiger partial charge in [-0.25, -0.2) is 0 Å². The van der Waals surface area contributed by atoms with Crippen LogP contribution in [0.25, 0.3) is 0 Å². The molecule has 0 atom stereocenters. The lowest BCUT2D eigenvalue weighted by Gasteiger charge is -2.07. The summed E-state index contributed by atoms with van der Waals surface area (Å²) < 4.78 is 17.3. The van der Waals surface area contributed by atoms with E-state index in [4.69, 9.17) is 14.2 Å². The van der Waals surface area contributed by atoms with E-state index in [1.165, 1.54) is 11.3 Å². The number of rotatable bonds is 10. The molecule has 0 saturated heterocycles. The van der Waals surface area contributed by atoms with E-state index in [9.17, 15) is 0 Å². The highest BCUT2D eigenvalue weighted by Crippen LogP contribution is 2.28. The van der Waals surface area contributed by atoms with Crippen LogP contribution in [0, 0.1) is 0 Å². The number of ether oxygens (including phenoxy) is 3. The lowest BCUT2D eigenvalue weighted by Crippen LogP contribution is -2.00. The van der Waals surface area contributed by atoms with Crippen LogP contribution in [0.15, 0.2) is 52.9 Å². The van der Waals surface area contributed by atoms with Gasteiger partial charge >= 0.3 is 0 Å². The zero-order valence-electron chi connectivity index (χ0n) is 15.2. The van der Waals surface area contributed by atoms with E-state index in [1.54, 1.807) is 18.9 Å². The average molecular weight is 404 g/mol. The van der Waals surface area contributed by atoms with Crippen LogP contribution in [0.5, 0.6) is 17.2 Å². The summed E-state index contributed by atoms with van der Waals surface area (Å²) in [6.45, 7) is 3.22. The van der Waals surface area contributed by atoms with Gasteiger partial charge in [0.1, 0.15) is 17.2 Å². The van der Waals surface area contributed by atoms with Crippen LogP contribution in [0.4, 0.5) is 10.8 Å². The fourth-order valence-electron chi connectivity index (χ4n) is 2.23. The minimum atomic E-state index is 0.594. The average Bonchev–Trinajstić information content (AvgIpc) is 3.14. The molecular weight excluding hydrogens is 382 g/mol. The smallest absolute Gasteiger partial charge is 0.210 e. The first-order chi connectivity index (χ1) is 13.3. The molecule has 0 saturated carbocycles. The van der Waals surface area contributed by atoms with Crippen LogP contribution in [-0.2, 0) is 0 Å². The molecule has 0 spiro atoms. The van der Waals surface area contributed by atoms with Crippen molar-refractivity contribution in [2.75, 3.05) is 31.4 Å². The Balaban J connectivity index is 1.42. The second kappa shape index (κ2) is 10.0. The Kier molecular flexibility index (Phi) is 7.18. The number of thioether (sulfide) groups is 1. The third-order valence-corrected chi connectivity index (χ3v) is 5.38. The summed E-state index contributed by atoms with van der Waals surface area (Å²) in [5.74, 6) is 3.27. The van der Waals surface area contributed by atoms with Gasteiger partial charge in [0.25, 0.3) is 0 Å². The number of nitrogens with one attached hydrogen (secondary N) is 1. The van der Waals surface area contributed by atoms with Gasteiger partial charge < -0.3 is 19.5 Å². The highest BCUT2D eigenvalue weighted by Gasteiger charge is 2.06. The quantitative estimate of drug-likeness (QED) is 0.383. The minimum absolute atomic E-state index is 0.594. The van der Waals surface area contributed by atoms with Crippen molar-refractivity contribution in [3.63, 3.8) is 0 Å². The van der Waals surface area contributed by atoms with Gasteiger partial charge in [0.15, 0.2) is 4.34 Å². The van der Waals surface area contributed by atoms with Gasteiger partial charge in [-0.2, -0.15) is 0 Å². The molecule has 1 N–H and O–H groups in total. The second-order valence-corrected chi connectivity index (χ2v) is 7.65. The van der Waals surface area contributed by atoms with E-state index >= 15 is 0 Å². The molecule has 3 rings (SSSR count). The Labute approximate surface area is 166 Å². The number of hydrogen-bond acceptors (Lipinski definition) is 8. The molecule has 1 aromatic heterocycles. The first kappa shape index (κ1) is 19.3. The van der Waals surface area contributed by atoms with E-state index in [2.05, 4.69) is 15.5 Å². The molecule has 0 amide bonds. The fourth-order valence-corrected chi connectivity index (χ4v) is 3.89. The molecule has 0 radical (unpaired) electrons. The molecular formula is C19H21N3O3S2. The predicted molar refractivity (Wildman–Crippen MR) is 110 cm³/mol. The van der Waals surface area contributed by atoms with Crippen LogP contribution >= 0.6 is 23.1 Å². The zero-order valence-corrected chi connectivity index (χ0v) is 16.8. The Hall–Kier alpha value is -2.45. The molecule has 0 aliphatic heterocycles. The molecule has 0 fully saturated rings. The van der Waals surface area contributed by atoms with E-state index in [0.717, 1.165) is 38.2 Å². The number of methoxy groups -OCH3 is 1. The summed E-state index contributed by atoms with van der Waals surface area (Å²) in [6, 6.07) is 15.3. The van der Waals surface area contributed by atoms with Gasteiger partial charge in [0.2, 0.25) is 5.13 Å². The summed E-state index contributed by atoms with van der Waals surface area (Å²) in [5, 5.41) is 12.4. The SMILES string of the molecule is CCOc1ccc(OCCSc2nnc(Nc3cccc(OC)c3)s2)cc1. The molecule has 0 aliphatic carbocycles. The summed E-state index contributed by atoms with van der Waals surface area (Å²) in [7, 11) is 1.65. The molecule has 6 nitrogen and oxygen atoms in total. The number of anilines is 2. The standard InChI is InChI=1S/C19H21N3O3S2/c1-3-24-15-7-9-16(10-8-15)25-11-12-26-19-22-21-18(27-19)20-14-5-4-6-17(13-14)23-2/h4-10,13H,3,11-12H2,1-2H3,(H,20,21). The predicted octanol–water partition coefficient (Wildman–Crippen LogP) is 4.86. The summed E-state index contributed by atoms with van der Waals surface area (Å²) in [6.07, 6.45) is 0. The van der Waals surface area contributed by atoms with Gasteiger partial charge in [-0.1, -0.05) is 29.2 Å².